The molecule has 4 aromatic rings. The zero-order valence-corrected chi connectivity index (χ0v) is 28.9. The molecule has 6 heterocycles. The lowest BCUT2D eigenvalue weighted by Crippen LogP contribution is -2.43. The maximum Gasteiger partial charge on any atom is 0.319 e. The van der Waals surface area contributed by atoms with E-state index in [1.54, 1.807) is 24.5 Å². The third-order valence-corrected chi connectivity index (χ3v) is 9.80. The molecule has 254 valence electrons. The number of hydrogen-bond acceptors (Lipinski definition) is 8. The number of halogens is 2. The Morgan fingerprint density at radius 2 is 1.79 bits per heavy atom. The average Bonchev–Trinajstić information content (AvgIpc) is 3.67. The summed E-state index contributed by atoms with van der Waals surface area (Å²) in [5.74, 6) is 0.522. The first-order valence-corrected chi connectivity index (χ1v) is 18.1. The minimum absolute atomic E-state index is 0.0287. The van der Waals surface area contributed by atoms with E-state index in [0.29, 0.717) is 46.4 Å². The second-order valence-electron chi connectivity index (χ2n) is 13.1. The van der Waals surface area contributed by atoms with Gasteiger partial charge in [-0.2, -0.15) is 15.1 Å². The number of H-pyrrole nitrogens is 1. The zero-order chi connectivity index (χ0) is 32.8. The monoisotopic (exact) mass is 665 g/mol. The van der Waals surface area contributed by atoms with E-state index in [-0.39, 0.29) is 22.8 Å². The van der Waals surface area contributed by atoms with E-state index in [1.807, 2.05) is 13.8 Å². The summed E-state index contributed by atoms with van der Waals surface area (Å²) in [4.78, 5) is 19.0. The fourth-order valence-electron chi connectivity index (χ4n) is 7.17. The van der Waals surface area contributed by atoms with E-state index in [0.717, 1.165) is 70.3 Å². The Morgan fingerprint density at radius 3 is 2.53 bits per heavy atom. The highest BCUT2D eigenvalue weighted by molar-refractivity contribution is 6.31. The molecule has 47 heavy (non-hydrogen) atoms. The number of aromatic nitrogens is 5. The number of nitrogens with zero attached hydrogens (tertiary/aromatic N) is 6. The number of ether oxygens (including phenoxy) is 2. The Bertz CT molecular complexity index is 1630. The Balaban J connectivity index is 0.000000720. The highest BCUT2D eigenvalue weighted by Crippen LogP contribution is 2.40. The topological polar surface area (TPSA) is 92.3 Å². The predicted molar refractivity (Wildman–Crippen MR) is 187 cm³/mol. The van der Waals surface area contributed by atoms with Gasteiger partial charge in [-0.1, -0.05) is 51.6 Å². The molecular weight excluding hydrogens is 617 g/mol. The molecule has 4 aliphatic rings. The van der Waals surface area contributed by atoms with Crippen molar-refractivity contribution in [1.82, 2.24) is 30.0 Å². The third kappa shape index (κ3) is 7.50. The van der Waals surface area contributed by atoms with Crippen molar-refractivity contribution < 1.29 is 13.9 Å². The summed E-state index contributed by atoms with van der Waals surface area (Å²) in [6, 6.07) is 3.70. The number of nitrogens with one attached hydrogen (secondary N) is 1. The number of fused-ring (bicyclic) bond motifs is 3. The Hall–Kier alpha value is -3.08. The largest absolute Gasteiger partial charge is 0.461 e. The standard InChI is InChI=1S/C31H37ClFN7O2.C3H6.C2H6/c1-2-12-41-18-20-6-3-9-39(17-20)29-24-15-34-27(22-13-21(32)14-25-23(22)16-35-38-25)26(33)28(24)36-30(37-29)42-19-31-7-4-10-40(31)11-5-8-31;1-2-3-1;1-2/h13-16,20H,2-12,17-19H2,1H3,(H,35,38);1-3H2;1-2H3. The number of anilines is 1. The summed E-state index contributed by atoms with van der Waals surface area (Å²) in [6.45, 7) is 11.9. The van der Waals surface area contributed by atoms with E-state index in [4.69, 9.17) is 26.1 Å². The average molecular weight is 666 g/mol. The van der Waals surface area contributed by atoms with Crippen molar-refractivity contribution in [3.8, 4) is 17.3 Å². The van der Waals surface area contributed by atoms with Crippen molar-refractivity contribution in [2.24, 2.45) is 5.92 Å². The summed E-state index contributed by atoms with van der Waals surface area (Å²) in [5, 5.41) is 8.84. The number of piperidine rings is 1. The molecule has 0 bridgehead atoms. The molecule has 1 atom stereocenters. The number of aromatic amines is 1. The van der Waals surface area contributed by atoms with Gasteiger partial charge in [0, 0.05) is 41.9 Å². The van der Waals surface area contributed by atoms with Gasteiger partial charge in [0.2, 0.25) is 0 Å². The van der Waals surface area contributed by atoms with Gasteiger partial charge >= 0.3 is 6.01 Å². The van der Waals surface area contributed by atoms with Gasteiger partial charge in [-0.25, -0.2) is 4.39 Å². The Labute approximate surface area is 282 Å². The maximum atomic E-state index is 16.6. The molecule has 3 aliphatic heterocycles. The van der Waals surface area contributed by atoms with Crippen LogP contribution in [0.25, 0.3) is 33.1 Å². The molecule has 1 N–H and O–H groups in total. The molecule has 0 radical (unpaired) electrons. The van der Waals surface area contributed by atoms with Crippen LogP contribution in [0.3, 0.4) is 0 Å². The second kappa shape index (κ2) is 15.4. The molecule has 0 spiro atoms. The SMILES string of the molecule is C1CC1.CC.CCCOCC1CCCN(c2nc(OCC34CCCN3CCC4)nc3c(F)c(-c4cc(Cl)cc5[nH]ncc45)ncc23)C1. The van der Waals surface area contributed by atoms with Gasteiger partial charge in [0.1, 0.15) is 23.6 Å². The molecule has 1 aliphatic carbocycles. The zero-order valence-electron chi connectivity index (χ0n) is 28.2. The van der Waals surface area contributed by atoms with Crippen molar-refractivity contribution in [1.29, 1.82) is 0 Å². The number of benzene rings is 1. The molecule has 9 nitrogen and oxygen atoms in total. The molecule has 1 aromatic carbocycles. The molecule has 1 saturated carbocycles. The van der Waals surface area contributed by atoms with Crippen LogP contribution in [0, 0.1) is 11.7 Å². The quantitative estimate of drug-likeness (QED) is 0.179. The van der Waals surface area contributed by atoms with Crippen LogP contribution in [0.2, 0.25) is 5.02 Å². The van der Waals surface area contributed by atoms with Crippen molar-refractivity contribution in [2.45, 2.75) is 90.5 Å². The molecule has 3 saturated heterocycles. The van der Waals surface area contributed by atoms with Crippen LogP contribution in [0.15, 0.2) is 24.5 Å². The van der Waals surface area contributed by atoms with Gasteiger partial charge in [-0.15, -0.1) is 0 Å². The lowest BCUT2D eigenvalue weighted by atomic mass is 9.95. The van der Waals surface area contributed by atoms with Crippen LogP contribution in [-0.2, 0) is 4.74 Å². The second-order valence-corrected chi connectivity index (χ2v) is 13.5. The first-order valence-electron chi connectivity index (χ1n) is 17.7. The molecule has 0 amide bonds. The van der Waals surface area contributed by atoms with Crippen LogP contribution in [-0.4, -0.2) is 81.6 Å². The van der Waals surface area contributed by atoms with Crippen LogP contribution in [0.4, 0.5) is 10.2 Å². The van der Waals surface area contributed by atoms with E-state index < -0.39 is 5.82 Å². The minimum Gasteiger partial charge on any atom is -0.461 e. The molecule has 1 unspecified atom stereocenters. The van der Waals surface area contributed by atoms with Crippen LogP contribution in [0.1, 0.15) is 85.0 Å². The number of hydrogen-bond donors (Lipinski definition) is 1. The third-order valence-electron chi connectivity index (χ3n) is 9.58. The lowest BCUT2D eigenvalue weighted by molar-refractivity contribution is 0.0938. The van der Waals surface area contributed by atoms with Gasteiger partial charge in [0.05, 0.1) is 29.2 Å². The highest BCUT2D eigenvalue weighted by atomic mass is 35.5. The summed E-state index contributed by atoms with van der Waals surface area (Å²) < 4.78 is 28.8. The number of rotatable bonds is 9. The fourth-order valence-corrected chi connectivity index (χ4v) is 7.39. The van der Waals surface area contributed by atoms with Gasteiger partial charge in [0.25, 0.3) is 0 Å². The first-order chi connectivity index (χ1) is 23.0. The lowest BCUT2D eigenvalue weighted by Gasteiger charge is -2.34. The minimum atomic E-state index is -0.521. The smallest absolute Gasteiger partial charge is 0.319 e. The number of pyridine rings is 1. The van der Waals surface area contributed by atoms with Gasteiger partial charge in [-0.3, -0.25) is 15.0 Å². The van der Waals surface area contributed by atoms with E-state index in [1.165, 1.54) is 32.1 Å². The maximum absolute atomic E-state index is 16.6. The Kier molecular flexibility index (Phi) is 11.1. The Morgan fingerprint density at radius 1 is 1.00 bits per heavy atom. The predicted octanol–water partition coefficient (Wildman–Crippen LogP) is 8.21. The molecule has 3 aromatic heterocycles. The van der Waals surface area contributed by atoms with Gasteiger partial charge < -0.3 is 14.4 Å². The summed E-state index contributed by atoms with van der Waals surface area (Å²) in [7, 11) is 0. The normalized spacial score (nSPS) is 20.0. The van der Waals surface area contributed by atoms with Crippen molar-refractivity contribution in [3.05, 3.63) is 35.4 Å². The van der Waals surface area contributed by atoms with Crippen LogP contribution < -0.4 is 9.64 Å². The fraction of sp³-hybridized carbons (Fsp3) is 0.611. The first kappa shape index (κ1) is 33.8. The van der Waals surface area contributed by atoms with Crippen LogP contribution in [0.5, 0.6) is 6.01 Å². The summed E-state index contributed by atoms with van der Waals surface area (Å²) in [5.41, 5.74) is 1.68. The van der Waals surface area contributed by atoms with Crippen LogP contribution >= 0.6 is 11.6 Å². The molecule has 11 heteroatoms. The molecule has 4 fully saturated rings. The highest BCUT2D eigenvalue weighted by Gasteiger charge is 2.45. The van der Waals surface area contributed by atoms with E-state index in [9.17, 15) is 0 Å². The van der Waals surface area contributed by atoms with Gasteiger partial charge in [0.15, 0.2) is 5.82 Å². The van der Waals surface area contributed by atoms with E-state index >= 15 is 4.39 Å². The summed E-state index contributed by atoms with van der Waals surface area (Å²) >= 11 is 6.39. The summed E-state index contributed by atoms with van der Waals surface area (Å²) in [6.07, 6.45) is 15.5. The molecular formula is C36H49ClFN7O2. The van der Waals surface area contributed by atoms with Crippen molar-refractivity contribution in [2.75, 3.05) is 50.9 Å². The van der Waals surface area contributed by atoms with Crippen molar-refractivity contribution >= 4 is 39.2 Å². The molecule has 8 rings (SSSR count). The van der Waals surface area contributed by atoms with E-state index in [2.05, 4.69) is 36.9 Å². The van der Waals surface area contributed by atoms with Gasteiger partial charge in [-0.05, 0) is 76.1 Å². The van der Waals surface area contributed by atoms with Crippen molar-refractivity contribution in [3.63, 3.8) is 0 Å².